The number of benzene rings is 1. The van der Waals surface area contributed by atoms with Gasteiger partial charge in [0.1, 0.15) is 0 Å². The number of halogens is 4. The van der Waals surface area contributed by atoms with Crippen LogP contribution in [0.4, 0.5) is 23.2 Å². The van der Waals surface area contributed by atoms with E-state index in [4.69, 9.17) is 0 Å². The van der Waals surface area contributed by atoms with Crippen LogP contribution in [0.15, 0.2) is 36.6 Å². The van der Waals surface area contributed by atoms with Crippen molar-refractivity contribution in [2.24, 2.45) is 0 Å². The predicted octanol–water partition coefficient (Wildman–Crippen LogP) is 3.45. The standard InChI is InChI=1S/C11H7F4NO3/c12-10(13)5-6-19-9(11(10,14)15)7-1-3-8(4-2-7)16(17)18/h1-6,9H. The first-order chi connectivity index (χ1) is 8.75. The van der Waals surface area contributed by atoms with Crippen LogP contribution in [0.3, 0.4) is 0 Å². The van der Waals surface area contributed by atoms with Gasteiger partial charge in [-0.05, 0) is 17.7 Å². The minimum Gasteiger partial charge on any atom is -0.487 e. The number of ether oxygens (including phenoxy) is 1. The second kappa shape index (κ2) is 4.22. The molecule has 0 fully saturated rings. The number of hydrogen-bond acceptors (Lipinski definition) is 3. The highest BCUT2D eigenvalue weighted by molar-refractivity contribution is 5.35. The first kappa shape index (κ1) is 13.3. The summed E-state index contributed by atoms with van der Waals surface area (Å²) in [5.41, 5.74) is -0.593. The number of nitro benzene ring substituents is 1. The Labute approximate surface area is 104 Å². The molecule has 1 atom stereocenters. The van der Waals surface area contributed by atoms with Crippen molar-refractivity contribution in [1.82, 2.24) is 0 Å². The lowest BCUT2D eigenvalue weighted by Crippen LogP contribution is -2.46. The molecule has 0 aromatic heterocycles. The molecule has 0 radical (unpaired) electrons. The zero-order chi connectivity index (χ0) is 14.3. The summed E-state index contributed by atoms with van der Waals surface area (Å²) in [6, 6.07) is 3.83. The molecule has 0 bridgehead atoms. The normalized spacial score (nSPS) is 23.7. The maximum absolute atomic E-state index is 13.5. The van der Waals surface area contributed by atoms with Gasteiger partial charge in [0.25, 0.3) is 5.69 Å². The van der Waals surface area contributed by atoms with Gasteiger partial charge in [0, 0.05) is 18.2 Å². The molecule has 4 nitrogen and oxygen atoms in total. The Kier molecular flexibility index (Phi) is 2.95. The molecule has 1 aliphatic heterocycles. The quantitative estimate of drug-likeness (QED) is 0.472. The van der Waals surface area contributed by atoms with E-state index in [0.29, 0.717) is 6.26 Å². The summed E-state index contributed by atoms with van der Waals surface area (Å²) < 4.78 is 57.8. The second-order valence-corrected chi connectivity index (χ2v) is 3.91. The Morgan fingerprint density at radius 2 is 1.74 bits per heavy atom. The number of non-ortho nitro benzene ring substituents is 1. The van der Waals surface area contributed by atoms with Gasteiger partial charge in [0.2, 0.25) is 0 Å². The predicted molar refractivity (Wildman–Crippen MR) is 56.0 cm³/mol. The van der Waals surface area contributed by atoms with Gasteiger partial charge in [-0.25, -0.2) is 0 Å². The SMILES string of the molecule is O=[N+]([O-])c1ccc(C2OC=CC(F)(F)C2(F)F)cc1. The minimum atomic E-state index is -4.43. The molecule has 19 heavy (non-hydrogen) atoms. The Bertz CT molecular complexity index is 527. The van der Waals surface area contributed by atoms with Gasteiger partial charge in [-0.15, -0.1) is 0 Å². The Balaban J connectivity index is 2.36. The number of allylic oxidation sites excluding steroid dienone is 1. The molecule has 0 spiro atoms. The van der Waals surface area contributed by atoms with Crippen molar-refractivity contribution >= 4 is 5.69 Å². The highest BCUT2D eigenvalue weighted by atomic mass is 19.3. The zero-order valence-electron chi connectivity index (χ0n) is 9.23. The van der Waals surface area contributed by atoms with Gasteiger partial charge >= 0.3 is 11.8 Å². The average molecular weight is 277 g/mol. The zero-order valence-corrected chi connectivity index (χ0v) is 9.23. The van der Waals surface area contributed by atoms with Crippen LogP contribution in [0.2, 0.25) is 0 Å². The minimum absolute atomic E-state index is 0.0190. The number of rotatable bonds is 2. The van der Waals surface area contributed by atoms with Crippen LogP contribution in [0, 0.1) is 10.1 Å². The van der Waals surface area contributed by atoms with Crippen molar-refractivity contribution in [1.29, 1.82) is 0 Å². The van der Waals surface area contributed by atoms with Gasteiger partial charge in [-0.1, -0.05) is 0 Å². The van der Waals surface area contributed by atoms with Crippen molar-refractivity contribution in [2.45, 2.75) is 17.9 Å². The first-order valence-electron chi connectivity index (χ1n) is 5.09. The highest BCUT2D eigenvalue weighted by Gasteiger charge is 2.63. The molecule has 8 heteroatoms. The lowest BCUT2D eigenvalue weighted by atomic mass is 9.96. The van der Waals surface area contributed by atoms with E-state index in [2.05, 4.69) is 4.74 Å². The number of alkyl halides is 4. The first-order valence-corrected chi connectivity index (χ1v) is 5.09. The van der Waals surface area contributed by atoms with Crippen LogP contribution < -0.4 is 0 Å². The van der Waals surface area contributed by atoms with Crippen LogP contribution in [0.1, 0.15) is 11.7 Å². The van der Waals surface area contributed by atoms with E-state index in [0.717, 1.165) is 24.3 Å². The molecule has 1 aromatic rings. The van der Waals surface area contributed by atoms with Gasteiger partial charge in [0.15, 0.2) is 6.10 Å². The third kappa shape index (κ3) is 2.13. The molecule has 0 amide bonds. The smallest absolute Gasteiger partial charge is 0.353 e. The Morgan fingerprint density at radius 3 is 2.26 bits per heavy atom. The van der Waals surface area contributed by atoms with E-state index in [-0.39, 0.29) is 17.3 Å². The van der Waals surface area contributed by atoms with Gasteiger partial charge < -0.3 is 4.74 Å². The van der Waals surface area contributed by atoms with E-state index in [1.54, 1.807) is 0 Å². The summed E-state index contributed by atoms with van der Waals surface area (Å²) in [7, 11) is 0. The molecular weight excluding hydrogens is 270 g/mol. The lowest BCUT2D eigenvalue weighted by molar-refractivity contribution is -0.384. The van der Waals surface area contributed by atoms with Crippen LogP contribution in [0.25, 0.3) is 0 Å². The molecule has 0 saturated heterocycles. The molecule has 1 heterocycles. The Morgan fingerprint density at radius 1 is 1.16 bits per heavy atom. The van der Waals surface area contributed by atoms with Crippen molar-refractivity contribution in [3.63, 3.8) is 0 Å². The summed E-state index contributed by atoms with van der Waals surface area (Å²) in [5.74, 6) is -8.77. The molecule has 0 N–H and O–H groups in total. The molecule has 102 valence electrons. The number of nitro groups is 1. The van der Waals surface area contributed by atoms with E-state index in [9.17, 15) is 27.7 Å². The molecular formula is C11H7F4NO3. The van der Waals surface area contributed by atoms with Crippen molar-refractivity contribution in [3.8, 4) is 0 Å². The van der Waals surface area contributed by atoms with Gasteiger partial charge in [-0.2, -0.15) is 17.6 Å². The molecule has 2 rings (SSSR count). The fourth-order valence-corrected chi connectivity index (χ4v) is 1.63. The molecule has 0 saturated carbocycles. The van der Waals surface area contributed by atoms with Crippen LogP contribution >= 0.6 is 0 Å². The maximum Gasteiger partial charge on any atom is 0.353 e. The fourth-order valence-electron chi connectivity index (χ4n) is 1.63. The van der Waals surface area contributed by atoms with Gasteiger partial charge in [-0.3, -0.25) is 10.1 Å². The summed E-state index contributed by atoms with van der Waals surface area (Å²) >= 11 is 0. The second-order valence-electron chi connectivity index (χ2n) is 3.91. The summed E-state index contributed by atoms with van der Waals surface area (Å²) in [5, 5.41) is 10.4. The average Bonchev–Trinajstić information content (AvgIpc) is 2.33. The van der Waals surface area contributed by atoms with Crippen LogP contribution in [-0.2, 0) is 4.74 Å². The van der Waals surface area contributed by atoms with E-state index < -0.39 is 22.9 Å². The summed E-state index contributed by atoms with van der Waals surface area (Å²) in [4.78, 5) is 9.69. The van der Waals surface area contributed by atoms with Crippen molar-refractivity contribution < 1.29 is 27.2 Å². The van der Waals surface area contributed by atoms with Crippen LogP contribution in [0.5, 0.6) is 0 Å². The van der Waals surface area contributed by atoms with Crippen molar-refractivity contribution in [2.75, 3.05) is 0 Å². The highest BCUT2D eigenvalue weighted by Crippen LogP contribution is 2.49. The summed E-state index contributed by atoms with van der Waals surface area (Å²) in [6.07, 6.45) is -1.70. The third-order valence-electron chi connectivity index (χ3n) is 2.67. The topological polar surface area (TPSA) is 52.4 Å². The third-order valence-corrected chi connectivity index (χ3v) is 2.67. The Hall–Kier alpha value is -2.12. The van der Waals surface area contributed by atoms with Crippen LogP contribution in [-0.4, -0.2) is 16.8 Å². The van der Waals surface area contributed by atoms with E-state index in [1.807, 2.05) is 0 Å². The van der Waals surface area contributed by atoms with E-state index >= 15 is 0 Å². The number of hydrogen-bond donors (Lipinski definition) is 0. The fraction of sp³-hybridized carbons (Fsp3) is 0.273. The number of nitrogens with zero attached hydrogens (tertiary/aromatic N) is 1. The molecule has 1 aromatic carbocycles. The van der Waals surface area contributed by atoms with E-state index in [1.165, 1.54) is 0 Å². The van der Waals surface area contributed by atoms with Crippen molar-refractivity contribution in [3.05, 3.63) is 52.3 Å². The van der Waals surface area contributed by atoms with Gasteiger partial charge in [0.05, 0.1) is 11.2 Å². The lowest BCUT2D eigenvalue weighted by Gasteiger charge is -2.34. The molecule has 1 aliphatic rings. The summed E-state index contributed by atoms with van der Waals surface area (Å²) in [6.45, 7) is 0. The monoisotopic (exact) mass is 277 g/mol. The molecule has 1 unspecified atom stereocenters. The maximum atomic E-state index is 13.5. The largest absolute Gasteiger partial charge is 0.487 e. The molecule has 0 aliphatic carbocycles.